The first-order valence-corrected chi connectivity index (χ1v) is 11.6. The molecule has 0 radical (unpaired) electrons. The fourth-order valence-corrected chi connectivity index (χ4v) is 4.92. The number of piperazine rings is 1. The molecule has 1 saturated heterocycles. The van der Waals surface area contributed by atoms with Crippen molar-refractivity contribution in [1.29, 1.82) is 0 Å². The van der Waals surface area contributed by atoms with E-state index in [2.05, 4.69) is 0 Å². The molecular formula is C27H22ClFN2O4. The topological polar surface area (TPSA) is 66.9 Å². The van der Waals surface area contributed by atoms with E-state index in [1.165, 1.54) is 17.0 Å². The zero-order valence-electron chi connectivity index (χ0n) is 18.7. The number of nitrogens with zero attached hydrogens (tertiary/aromatic N) is 2. The first-order valence-electron chi connectivity index (χ1n) is 11.2. The minimum Gasteiger partial charge on any atom is -0.459 e. The van der Waals surface area contributed by atoms with Gasteiger partial charge in [0.25, 0.3) is 5.91 Å². The van der Waals surface area contributed by atoms with Gasteiger partial charge in [0.05, 0.1) is 11.3 Å². The Labute approximate surface area is 206 Å². The minimum absolute atomic E-state index is 0.00350. The molecule has 6 nitrogen and oxygen atoms in total. The van der Waals surface area contributed by atoms with Crippen molar-refractivity contribution in [2.24, 2.45) is 0 Å². The van der Waals surface area contributed by atoms with Crippen LogP contribution in [0.1, 0.15) is 28.8 Å². The van der Waals surface area contributed by atoms with E-state index in [-0.39, 0.29) is 42.5 Å². The number of halogens is 2. The van der Waals surface area contributed by atoms with Gasteiger partial charge in [0.1, 0.15) is 24.0 Å². The molecule has 0 N–H and O–H groups in total. The lowest BCUT2D eigenvalue weighted by atomic mass is 9.70. The number of hydrogen-bond acceptors (Lipinski definition) is 4. The number of amides is 2. The predicted octanol–water partition coefficient (Wildman–Crippen LogP) is 4.61. The molecular weight excluding hydrogens is 471 g/mol. The molecule has 0 aromatic heterocycles. The largest absolute Gasteiger partial charge is 0.459 e. The average molecular weight is 493 g/mol. The fourth-order valence-electron chi connectivity index (χ4n) is 4.76. The molecule has 3 aromatic rings. The van der Waals surface area contributed by atoms with E-state index in [0.717, 1.165) is 11.6 Å². The number of esters is 1. The van der Waals surface area contributed by atoms with Crippen LogP contribution in [-0.4, -0.2) is 40.9 Å². The lowest BCUT2D eigenvalue weighted by molar-refractivity contribution is -0.167. The molecule has 2 amide bonds. The number of carbonyl (C=O) groups is 3. The van der Waals surface area contributed by atoms with Crippen LogP contribution in [0.25, 0.3) is 0 Å². The van der Waals surface area contributed by atoms with Crippen molar-refractivity contribution < 1.29 is 23.5 Å². The van der Waals surface area contributed by atoms with Crippen molar-refractivity contribution in [3.8, 4) is 0 Å². The molecule has 3 aromatic carbocycles. The Morgan fingerprint density at radius 1 is 1.00 bits per heavy atom. The van der Waals surface area contributed by atoms with Crippen molar-refractivity contribution in [2.75, 3.05) is 11.4 Å². The molecule has 35 heavy (non-hydrogen) atoms. The standard InChI is InChI=1S/C27H22ClFN2O4/c28-20-11-12-23(22(29)13-20)30-17-24(32)31(16-18-7-3-1-4-8-18)27(26(30)34)14-21(15-27)35-25(33)19-9-5-2-6-10-19/h1-13,21H,14-17H2. The summed E-state index contributed by atoms with van der Waals surface area (Å²) in [7, 11) is 0. The molecule has 0 atom stereocenters. The van der Waals surface area contributed by atoms with E-state index >= 15 is 0 Å². The Hall–Kier alpha value is -3.71. The highest BCUT2D eigenvalue weighted by Gasteiger charge is 2.61. The summed E-state index contributed by atoms with van der Waals surface area (Å²) < 4.78 is 20.3. The van der Waals surface area contributed by atoms with Gasteiger partial charge in [-0.25, -0.2) is 9.18 Å². The number of hydrogen-bond donors (Lipinski definition) is 0. The summed E-state index contributed by atoms with van der Waals surface area (Å²) in [5, 5.41) is 0.194. The van der Waals surface area contributed by atoms with Gasteiger partial charge < -0.3 is 9.64 Å². The Morgan fingerprint density at radius 2 is 1.66 bits per heavy atom. The average Bonchev–Trinajstić information content (AvgIpc) is 2.83. The maximum absolute atomic E-state index is 14.7. The van der Waals surface area contributed by atoms with E-state index in [0.29, 0.717) is 5.56 Å². The maximum atomic E-state index is 14.7. The van der Waals surface area contributed by atoms with Gasteiger partial charge in [-0.3, -0.25) is 14.5 Å². The van der Waals surface area contributed by atoms with Crippen molar-refractivity contribution in [3.63, 3.8) is 0 Å². The smallest absolute Gasteiger partial charge is 0.338 e. The summed E-state index contributed by atoms with van der Waals surface area (Å²) >= 11 is 5.88. The van der Waals surface area contributed by atoms with Gasteiger partial charge in [-0.15, -0.1) is 0 Å². The second-order valence-electron chi connectivity index (χ2n) is 8.79. The van der Waals surface area contributed by atoms with Gasteiger partial charge in [-0.2, -0.15) is 0 Å². The molecule has 1 heterocycles. The molecule has 178 valence electrons. The highest BCUT2D eigenvalue weighted by Crippen LogP contribution is 2.45. The highest BCUT2D eigenvalue weighted by molar-refractivity contribution is 6.30. The van der Waals surface area contributed by atoms with Crippen molar-refractivity contribution in [1.82, 2.24) is 4.90 Å². The van der Waals surface area contributed by atoms with Crippen LogP contribution < -0.4 is 4.90 Å². The summed E-state index contributed by atoms with van der Waals surface area (Å²) in [5.41, 5.74) is 0.0319. The summed E-state index contributed by atoms with van der Waals surface area (Å²) in [6.07, 6.45) is -0.281. The maximum Gasteiger partial charge on any atom is 0.338 e. The third kappa shape index (κ3) is 4.28. The van der Waals surface area contributed by atoms with E-state index in [1.54, 1.807) is 35.2 Å². The van der Waals surface area contributed by atoms with Crippen molar-refractivity contribution >= 4 is 35.1 Å². The summed E-state index contributed by atoms with van der Waals surface area (Å²) in [5.74, 6) is -1.89. The van der Waals surface area contributed by atoms with Crippen LogP contribution in [0.5, 0.6) is 0 Å². The normalized spacial score (nSPS) is 21.7. The summed E-state index contributed by atoms with van der Waals surface area (Å²) in [6, 6.07) is 21.9. The Morgan fingerprint density at radius 3 is 2.31 bits per heavy atom. The molecule has 0 bridgehead atoms. The SMILES string of the molecule is O=C(OC1CC2(C1)C(=O)N(c1ccc(Cl)cc1F)CC(=O)N2Cc1ccccc1)c1ccccc1. The lowest BCUT2D eigenvalue weighted by Crippen LogP contribution is -2.74. The predicted molar refractivity (Wildman–Crippen MR) is 128 cm³/mol. The van der Waals surface area contributed by atoms with Crippen LogP contribution in [-0.2, 0) is 20.9 Å². The third-order valence-corrected chi connectivity index (χ3v) is 6.79. The molecule has 5 rings (SSSR count). The Bertz CT molecular complexity index is 1280. The Kier molecular flexibility index (Phi) is 6.03. The fraction of sp³-hybridized carbons (Fsp3) is 0.222. The van der Waals surface area contributed by atoms with Gasteiger partial charge in [-0.1, -0.05) is 60.1 Å². The molecule has 1 saturated carbocycles. The van der Waals surface area contributed by atoms with Gasteiger partial charge in [0, 0.05) is 24.4 Å². The van der Waals surface area contributed by atoms with Crippen LogP contribution in [0.4, 0.5) is 10.1 Å². The van der Waals surface area contributed by atoms with Crippen LogP contribution in [0.2, 0.25) is 5.02 Å². The van der Waals surface area contributed by atoms with Crippen LogP contribution >= 0.6 is 11.6 Å². The van der Waals surface area contributed by atoms with E-state index in [4.69, 9.17) is 16.3 Å². The van der Waals surface area contributed by atoms with Crippen LogP contribution in [0, 0.1) is 5.82 Å². The van der Waals surface area contributed by atoms with Crippen LogP contribution in [0.3, 0.4) is 0 Å². The number of carbonyl (C=O) groups excluding carboxylic acids is 3. The van der Waals surface area contributed by atoms with Crippen molar-refractivity contribution in [2.45, 2.75) is 31.0 Å². The van der Waals surface area contributed by atoms with Gasteiger partial charge >= 0.3 is 5.97 Å². The zero-order chi connectivity index (χ0) is 24.6. The second kappa shape index (κ2) is 9.15. The first kappa shape index (κ1) is 23.1. The third-order valence-electron chi connectivity index (χ3n) is 6.55. The van der Waals surface area contributed by atoms with Crippen LogP contribution in [0.15, 0.2) is 78.9 Å². The molecule has 1 aliphatic carbocycles. The minimum atomic E-state index is -1.24. The number of benzene rings is 3. The number of anilines is 1. The number of ether oxygens (including phenoxy) is 1. The monoisotopic (exact) mass is 492 g/mol. The van der Waals surface area contributed by atoms with E-state index in [1.807, 2.05) is 30.3 Å². The zero-order valence-corrected chi connectivity index (χ0v) is 19.5. The van der Waals surface area contributed by atoms with E-state index in [9.17, 15) is 18.8 Å². The Balaban J connectivity index is 1.43. The first-order chi connectivity index (χ1) is 16.9. The molecule has 1 aliphatic heterocycles. The van der Waals surface area contributed by atoms with Gasteiger partial charge in [0.2, 0.25) is 5.91 Å². The lowest BCUT2D eigenvalue weighted by Gasteiger charge is -2.56. The number of rotatable bonds is 5. The quantitative estimate of drug-likeness (QED) is 0.488. The molecule has 0 unspecified atom stereocenters. The molecule has 1 spiro atoms. The van der Waals surface area contributed by atoms with Crippen molar-refractivity contribution in [3.05, 3.63) is 101 Å². The molecule has 2 fully saturated rings. The van der Waals surface area contributed by atoms with E-state index < -0.39 is 29.3 Å². The van der Waals surface area contributed by atoms with Gasteiger partial charge in [0.15, 0.2) is 0 Å². The van der Waals surface area contributed by atoms with Gasteiger partial charge in [-0.05, 0) is 35.9 Å². The highest BCUT2D eigenvalue weighted by atomic mass is 35.5. The summed E-state index contributed by atoms with van der Waals surface area (Å²) in [6.45, 7) is -0.0673. The molecule has 8 heteroatoms. The molecule has 2 aliphatic rings. The summed E-state index contributed by atoms with van der Waals surface area (Å²) in [4.78, 5) is 42.4. The second-order valence-corrected chi connectivity index (χ2v) is 9.22.